The molecule has 84 valence electrons. The summed E-state index contributed by atoms with van der Waals surface area (Å²) in [6.45, 7) is 5.56. The van der Waals surface area contributed by atoms with Crippen LogP contribution in [0, 0.1) is 0 Å². The van der Waals surface area contributed by atoms with Gasteiger partial charge in [-0.05, 0) is 20.4 Å². The minimum absolute atomic E-state index is 0.251. The van der Waals surface area contributed by atoms with Crippen molar-refractivity contribution < 1.29 is 9.84 Å². The predicted octanol–water partition coefficient (Wildman–Crippen LogP) is 0.866. The average molecular weight is 219 g/mol. The van der Waals surface area contributed by atoms with Crippen LogP contribution in [0.4, 0.5) is 0 Å². The predicted molar refractivity (Wildman–Crippen MR) is 60.8 cm³/mol. The third-order valence-electron chi connectivity index (χ3n) is 2.74. The maximum Gasteiger partial charge on any atom is 0.0628 e. The topological polar surface area (TPSA) is 41.5 Å². The molecule has 3 nitrogen and oxygen atoms in total. The van der Waals surface area contributed by atoms with E-state index in [1.807, 2.05) is 25.7 Å². The molecule has 0 aromatic heterocycles. The normalized spacial score (nSPS) is 32.6. The highest BCUT2D eigenvalue weighted by Crippen LogP contribution is 2.26. The quantitative estimate of drug-likeness (QED) is 0.736. The molecule has 0 aromatic rings. The van der Waals surface area contributed by atoms with Gasteiger partial charge in [-0.25, -0.2) is 0 Å². The number of hydrogen-bond acceptors (Lipinski definition) is 4. The first-order valence-corrected chi connectivity index (χ1v) is 6.18. The molecule has 0 amide bonds. The van der Waals surface area contributed by atoms with Gasteiger partial charge in [-0.1, -0.05) is 6.92 Å². The molecule has 4 atom stereocenters. The van der Waals surface area contributed by atoms with Crippen LogP contribution in [0.1, 0.15) is 20.3 Å². The molecule has 2 N–H and O–H groups in total. The van der Waals surface area contributed by atoms with Gasteiger partial charge in [0, 0.05) is 23.1 Å². The molecule has 1 heterocycles. The van der Waals surface area contributed by atoms with Gasteiger partial charge in [-0.3, -0.25) is 0 Å². The van der Waals surface area contributed by atoms with Gasteiger partial charge in [0.05, 0.1) is 12.7 Å². The number of thioether (sulfide) groups is 1. The van der Waals surface area contributed by atoms with Crippen molar-refractivity contribution in [1.29, 1.82) is 0 Å². The Hall–Kier alpha value is 0.230. The van der Waals surface area contributed by atoms with Gasteiger partial charge in [0.15, 0.2) is 0 Å². The molecule has 4 heteroatoms. The number of ether oxygens (including phenoxy) is 1. The molecule has 0 aliphatic carbocycles. The van der Waals surface area contributed by atoms with Gasteiger partial charge in [0.1, 0.15) is 0 Å². The second-order valence-electron chi connectivity index (χ2n) is 3.88. The van der Waals surface area contributed by atoms with E-state index in [4.69, 9.17) is 4.74 Å². The minimum atomic E-state index is -0.251. The van der Waals surface area contributed by atoms with Crippen LogP contribution in [0.3, 0.4) is 0 Å². The summed E-state index contributed by atoms with van der Waals surface area (Å²) in [5, 5.41) is 13.5. The summed E-state index contributed by atoms with van der Waals surface area (Å²) in [5.41, 5.74) is 0. The maximum atomic E-state index is 9.43. The van der Waals surface area contributed by atoms with E-state index in [0.717, 1.165) is 19.6 Å². The van der Waals surface area contributed by atoms with E-state index in [1.54, 1.807) is 0 Å². The first kappa shape index (κ1) is 12.3. The minimum Gasteiger partial charge on any atom is -0.392 e. The average Bonchev–Trinajstić information content (AvgIpc) is 2.18. The zero-order valence-corrected chi connectivity index (χ0v) is 10.0. The highest BCUT2D eigenvalue weighted by Gasteiger charge is 2.27. The molecule has 4 unspecified atom stereocenters. The van der Waals surface area contributed by atoms with Crippen LogP contribution in [-0.2, 0) is 4.74 Å². The van der Waals surface area contributed by atoms with Crippen molar-refractivity contribution in [3.05, 3.63) is 0 Å². The molecular weight excluding hydrogens is 198 g/mol. The monoisotopic (exact) mass is 219 g/mol. The Kier molecular flexibility index (Phi) is 5.23. The lowest BCUT2D eigenvalue weighted by atomic mass is 10.1. The lowest BCUT2D eigenvalue weighted by Gasteiger charge is -2.33. The molecule has 0 radical (unpaired) electrons. The molecule has 0 saturated carbocycles. The summed E-state index contributed by atoms with van der Waals surface area (Å²) in [4.78, 5) is 0. The van der Waals surface area contributed by atoms with E-state index in [9.17, 15) is 5.11 Å². The summed E-state index contributed by atoms with van der Waals surface area (Å²) in [6, 6.07) is 0.523. The van der Waals surface area contributed by atoms with Crippen LogP contribution in [0.15, 0.2) is 0 Å². The van der Waals surface area contributed by atoms with Crippen molar-refractivity contribution in [2.24, 2.45) is 0 Å². The fourth-order valence-corrected chi connectivity index (χ4v) is 2.98. The van der Waals surface area contributed by atoms with E-state index >= 15 is 0 Å². The van der Waals surface area contributed by atoms with Crippen LogP contribution in [-0.4, -0.2) is 48.0 Å². The van der Waals surface area contributed by atoms with Crippen LogP contribution in [0.2, 0.25) is 0 Å². The Labute approximate surface area is 90.6 Å². The van der Waals surface area contributed by atoms with Gasteiger partial charge in [0.2, 0.25) is 0 Å². The maximum absolute atomic E-state index is 9.43. The third-order valence-corrected chi connectivity index (χ3v) is 4.38. The largest absolute Gasteiger partial charge is 0.392 e. The molecule has 1 rings (SSSR count). The van der Waals surface area contributed by atoms with Crippen molar-refractivity contribution in [3.63, 3.8) is 0 Å². The van der Waals surface area contributed by atoms with E-state index in [1.165, 1.54) is 0 Å². The van der Waals surface area contributed by atoms with Crippen molar-refractivity contribution in [2.45, 2.75) is 42.9 Å². The van der Waals surface area contributed by atoms with Gasteiger partial charge in [-0.15, -0.1) is 11.8 Å². The Bertz CT molecular complexity index is 166. The second kappa shape index (κ2) is 5.95. The van der Waals surface area contributed by atoms with Crippen LogP contribution in [0.25, 0.3) is 0 Å². The SMILES string of the molecule is CNC1CCOCC1SC(C)C(C)O. The zero-order chi connectivity index (χ0) is 10.6. The van der Waals surface area contributed by atoms with Crippen LogP contribution >= 0.6 is 11.8 Å². The first-order chi connectivity index (χ1) is 6.65. The molecule has 1 aliphatic heterocycles. The van der Waals surface area contributed by atoms with E-state index in [2.05, 4.69) is 12.2 Å². The smallest absolute Gasteiger partial charge is 0.0628 e. The summed E-state index contributed by atoms with van der Waals surface area (Å²) in [7, 11) is 2.00. The van der Waals surface area contributed by atoms with Gasteiger partial charge in [0.25, 0.3) is 0 Å². The lowest BCUT2D eigenvalue weighted by Crippen LogP contribution is -2.44. The Morgan fingerprint density at radius 1 is 1.50 bits per heavy atom. The summed E-state index contributed by atoms with van der Waals surface area (Å²) in [6.07, 6.45) is 0.820. The third kappa shape index (κ3) is 3.42. The standard InChI is InChI=1S/C10H21NO2S/c1-7(12)8(2)14-10-6-13-5-4-9(10)11-3/h7-12H,4-6H2,1-3H3. The van der Waals surface area contributed by atoms with Gasteiger partial charge in [-0.2, -0.15) is 0 Å². The van der Waals surface area contributed by atoms with E-state index in [0.29, 0.717) is 11.3 Å². The zero-order valence-electron chi connectivity index (χ0n) is 9.19. The molecule has 1 aliphatic rings. The number of rotatable bonds is 4. The first-order valence-electron chi connectivity index (χ1n) is 5.23. The Balaban J connectivity index is 2.40. The molecule has 0 bridgehead atoms. The van der Waals surface area contributed by atoms with Crippen LogP contribution < -0.4 is 5.32 Å². The number of aliphatic hydroxyl groups excluding tert-OH is 1. The molecule has 0 spiro atoms. The van der Waals surface area contributed by atoms with E-state index in [-0.39, 0.29) is 11.4 Å². The number of hydrogen-bond donors (Lipinski definition) is 2. The van der Waals surface area contributed by atoms with Crippen LogP contribution in [0.5, 0.6) is 0 Å². The highest BCUT2D eigenvalue weighted by molar-refractivity contribution is 8.00. The lowest BCUT2D eigenvalue weighted by molar-refractivity contribution is 0.0845. The molecule has 14 heavy (non-hydrogen) atoms. The number of nitrogens with one attached hydrogen (secondary N) is 1. The molecule has 1 fully saturated rings. The Morgan fingerprint density at radius 2 is 2.21 bits per heavy atom. The van der Waals surface area contributed by atoms with Crippen molar-refractivity contribution in [3.8, 4) is 0 Å². The summed E-state index contributed by atoms with van der Waals surface area (Å²) >= 11 is 1.82. The Morgan fingerprint density at radius 3 is 2.79 bits per heavy atom. The van der Waals surface area contributed by atoms with Gasteiger partial charge < -0.3 is 15.2 Å². The fraction of sp³-hybridized carbons (Fsp3) is 1.00. The molecule has 1 saturated heterocycles. The van der Waals surface area contributed by atoms with Crippen molar-refractivity contribution in [2.75, 3.05) is 20.3 Å². The van der Waals surface area contributed by atoms with Gasteiger partial charge >= 0.3 is 0 Å². The van der Waals surface area contributed by atoms with E-state index < -0.39 is 0 Å². The summed E-state index contributed by atoms with van der Waals surface area (Å²) < 4.78 is 5.45. The number of aliphatic hydroxyl groups is 1. The molecule has 0 aromatic carbocycles. The second-order valence-corrected chi connectivity index (χ2v) is 5.50. The highest BCUT2D eigenvalue weighted by atomic mass is 32.2. The fourth-order valence-electron chi connectivity index (χ4n) is 1.57. The summed E-state index contributed by atoms with van der Waals surface area (Å²) in [5.74, 6) is 0. The van der Waals surface area contributed by atoms with Crippen molar-refractivity contribution >= 4 is 11.8 Å². The molecular formula is C10H21NO2S. The van der Waals surface area contributed by atoms with Crippen molar-refractivity contribution in [1.82, 2.24) is 5.32 Å².